The lowest BCUT2D eigenvalue weighted by molar-refractivity contribution is -0.147. The van der Waals surface area contributed by atoms with Crippen LogP contribution in [0.5, 0.6) is 5.75 Å². The number of nitrogens with two attached hydrogens (primary N) is 1. The molecule has 1 atom stereocenters. The van der Waals surface area contributed by atoms with Crippen LogP contribution in [0, 0.1) is 0 Å². The molecule has 94 valence electrons. The van der Waals surface area contributed by atoms with Gasteiger partial charge in [-0.15, -0.1) is 0 Å². The molecule has 0 spiro atoms. The summed E-state index contributed by atoms with van der Waals surface area (Å²) in [5.41, 5.74) is 6.39. The third kappa shape index (κ3) is 3.61. The van der Waals surface area contributed by atoms with Crippen LogP contribution in [0.2, 0.25) is 5.02 Å². The summed E-state index contributed by atoms with van der Waals surface area (Å²) in [4.78, 5) is 11.3. The van der Waals surface area contributed by atoms with Crippen LogP contribution in [0.15, 0.2) is 18.2 Å². The Hall–Kier alpha value is -1.26. The van der Waals surface area contributed by atoms with Gasteiger partial charge < -0.3 is 15.2 Å². The predicted molar refractivity (Wildman–Crippen MR) is 66.3 cm³/mol. The van der Waals surface area contributed by atoms with Gasteiger partial charge in [-0.25, -0.2) is 4.79 Å². The lowest BCUT2D eigenvalue weighted by Gasteiger charge is -2.16. The summed E-state index contributed by atoms with van der Waals surface area (Å²) in [6, 6.07) is 5.40. The Morgan fingerprint density at radius 2 is 2.24 bits per heavy atom. The van der Waals surface area contributed by atoms with Gasteiger partial charge in [0.25, 0.3) is 0 Å². The standard InChI is InChI=1S/C12H16ClNO3/c1-8(12(15)16-2)17-11-9(6-7-14)4-3-5-10(11)13/h3-5,8H,6-7,14H2,1-2H3. The van der Waals surface area contributed by atoms with Crippen LogP contribution in [0.1, 0.15) is 12.5 Å². The number of halogens is 1. The third-order valence-electron chi connectivity index (χ3n) is 2.29. The summed E-state index contributed by atoms with van der Waals surface area (Å²) in [6.07, 6.45) is -0.0551. The largest absolute Gasteiger partial charge is 0.477 e. The van der Waals surface area contributed by atoms with Crippen LogP contribution in [-0.2, 0) is 16.0 Å². The summed E-state index contributed by atoms with van der Waals surface area (Å²) in [6.45, 7) is 2.10. The van der Waals surface area contributed by atoms with Crippen molar-refractivity contribution in [2.75, 3.05) is 13.7 Å². The number of hydrogen-bond donors (Lipinski definition) is 1. The number of benzene rings is 1. The molecule has 2 N–H and O–H groups in total. The first-order chi connectivity index (χ1) is 8.10. The van der Waals surface area contributed by atoms with E-state index in [1.807, 2.05) is 12.1 Å². The summed E-state index contributed by atoms with van der Waals surface area (Å²) in [7, 11) is 1.32. The van der Waals surface area contributed by atoms with Gasteiger partial charge in [0.1, 0.15) is 5.75 Å². The zero-order valence-corrected chi connectivity index (χ0v) is 10.7. The number of carbonyl (C=O) groups is 1. The minimum atomic E-state index is -0.698. The number of carbonyl (C=O) groups excluding carboxylic acids is 1. The number of ether oxygens (including phenoxy) is 2. The molecule has 0 aliphatic carbocycles. The number of hydrogen-bond acceptors (Lipinski definition) is 4. The van der Waals surface area contributed by atoms with E-state index >= 15 is 0 Å². The smallest absolute Gasteiger partial charge is 0.346 e. The van der Waals surface area contributed by atoms with Crippen LogP contribution in [0.25, 0.3) is 0 Å². The Balaban J connectivity index is 2.92. The van der Waals surface area contributed by atoms with Gasteiger partial charge in [0, 0.05) is 0 Å². The van der Waals surface area contributed by atoms with E-state index < -0.39 is 12.1 Å². The highest BCUT2D eigenvalue weighted by Gasteiger charge is 2.18. The number of rotatable bonds is 5. The molecule has 1 unspecified atom stereocenters. The summed E-state index contributed by atoms with van der Waals surface area (Å²) in [5, 5.41) is 0.465. The molecule has 1 aromatic rings. The van der Waals surface area contributed by atoms with Crippen LogP contribution in [0.3, 0.4) is 0 Å². The average Bonchev–Trinajstić information content (AvgIpc) is 2.32. The number of esters is 1. The van der Waals surface area contributed by atoms with Crippen molar-refractivity contribution in [1.29, 1.82) is 0 Å². The maximum atomic E-state index is 11.3. The van der Waals surface area contributed by atoms with Crippen LogP contribution in [-0.4, -0.2) is 25.7 Å². The fourth-order valence-electron chi connectivity index (χ4n) is 1.43. The summed E-state index contributed by atoms with van der Waals surface area (Å²) in [5.74, 6) is 0.0566. The van der Waals surface area contributed by atoms with E-state index in [-0.39, 0.29) is 0 Å². The van der Waals surface area contributed by atoms with Gasteiger partial charge in [0.15, 0.2) is 6.10 Å². The van der Waals surface area contributed by atoms with Gasteiger partial charge in [0.05, 0.1) is 12.1 Å². The molecule has 17 heavy (non-hydrogen) atoms. The molecule has 0 saturated carbocycles. The molecule has 1 aromatic carbocycles. The summed E-state index contributed by atoms with van der Waals surface area (Å²) >= 11 is 6.04. The van der Waals surface area contributed by atoms with Gasteiger partial charge in [-0.05, 0) is 31.5 Å². The normalized spacial score (nSPS) is 12.0. The van der Waals surface area contributed by atoms with Gasteiger partial charge >= 0.3 is 5.97 Å². The van der Waals surface area contributed by atoms with Crippen molar-refractivity contribution in [3.63, 3.8) is 0 Å². The van der Waals surface area contributed by atoms with Gasteiger partial charge in [-0.1, -0.05) is 23.7 Å². The molecule has 4 nitrogen and oxygen atoms in total. The van der Waals surface area contributed by atoms with Gasteiger partial charge in [-0.3, -0.25) is 0 Å². The first-order valence-electron chi connectivity index (χ1n) is 5.32. The maximum Gasteiger partial charge on any atom is 0.346 e. The topological polar surface area (TPSA) is 61.5 Å². The minimum Gasteiger partial charge on any atom is -0.477 e. The Bertz CT molecular complexity index is 395. The van der Waals surface area contributed by atoms with Crippen molar-refractivity contribution in [3.05, 3.63) is 28.8 Å². The molecule has 0 amide bonds. The van der Waals surface area contributed by atoms with Crippen LogP contribution in [0.4, 0.5) is 0 Å². The maximum absolute atomic E-state index is 11.3. The molecule has 0 fully saturated rings. The van der Waals surface area contributed by atoms with E-state index in [2.05, 4.69) is 4.74 Å². The van der Waals surface area contributed by atoms with E-state index in [1.54, 1.807) is 13.0 Å². The van der Waals surface area contributed by atoms with Crippen molar-refractivity contribution in [1.82, 2.24) is 0 Å². The van der Waals surface area contributed by atoms with Crippen LogP contribution >= 0.6 is 11.6 Å². The van der Waals surface area contributed by atoms with Crippen molar-refractivity contribution >= 4 is 17.6 Å². The van der Waals surface area contributed by atoms with Crippen LogP contribution < -0.4 is 10.5 Å². The highest BCUT2D eigenvalue weighted by atomic mass is 35.5. The predicted octanol–water partition coefficient (Wildman–Crippen LogP) is 1.78. The molecular formula is C12H16ClNO3. The van der Waals surface area contributed by atoms with Crippen molar-refractivity contribution < 1.29 is 14.3 Å². The second kappa shape index (κ2) is 6.47. The first-order valence-corrected chi connectivity index (χ1v) is 5.70. The monoisotopic (exact) mass is 257 g/mol. The summed E-state index contributed by atoms with van der Waals surface area (Å²) < 4.78 is 10.1. The highest BCUT2D eigenvalue weighted by molar-refractivity contribution is 6.32. The zero-order chi connectivity index (χ0) is 12.8. The molecule has 1 rings (SSSR count). The molecule has 5 heteroatoms. The van der Waals surface area contributed by atoms with E-state index in [9.17, 15) is 4.79 Å². The highest BCUT2D eigenvalue weighted by Crippen LogP contribution is 2.29. The van der Waals surface area contributed by atoms with E-state index in [0.29, 0.717) is 23.7 Å². The quantitative estimate of drug-likeness (QED) is 0.817. The molecule has 0 heterocycles. The number of methoxy groups -OCH3 is 1. The molecule has 0 radical (unpaired) electrons. The van der Waals surface area contributed by atoms with Gasteiger partial charge in [0.2, 0.25) is 0 Å². The lowest BCUT2D eigenvalue weighted by Crippen LogP contribution is -2.25. The molecule has 0 aliphatic rings. The third-order valence-corrected chi connectivity index (χ3v) is 2.59. The van der Waals surface area contributed by atoms with Crippen molar-refractivity contribution in [2.24, 2.45) is 5.73 Å². The average molecular weight is 258 g/mol. The van der Waals surface area contributed by atoms with Crippen molar-refractivity contribution in [2.45, 2.75) is 19.4 Å². The molecule has 0 aromatic heterocycles. The molecule has 0 aliphatic heterocycles. The zero-order valence-electron chi connectivity index (χ0n) is 9.90. The van der Waals surface area contributed by atoms with Gasteiger partial charge in [-0.2, -0.15) is 0 Å². The second-order valence-electron chi connectivity index (χ2n) is 3.55. The SMILES string of the molecule is COC(=O)C(C)Oc1c(Cl)cccc1CCN. The fourth-order valence-corrected chi connectivity index (χ4v) is 1.67. The Morgan fingerprint density at radius 3 is 2.82 bits per heavy atom. The first kappa shape index (κ1) is 13.8. The molecule has 0 bridgehead atoms. The Labute approximate surface area is 106 Å². The Morgan fingerprint density at radius 1 is 1.53 bits per heavy atom. The lowest BCUT2D eigenvalue weighted by atomic mass is 10.1. The van der Waals surface area contributed by atoms with E-state index in [1.165, 1.54) is 7.11 Å². The van der Waals surface area contributed by atoms with E-state index in [4.69, 9.17) is 22.1 Å². The van der Waals surface area contributed by atoms with E-state index in [0.717, 1.165) is 5.56 Å². The second-order valence-corrected chi connectivity index (χ2v) is 3.96. The molecule has 0 saturated heterocycles. The fraction of sp³-hybridized carbons (Fsp3) is 0.417. The number of para-hydroxylation sites is 1. The molecular weight excluding hydrogens is 242 g/mol. The minimum absolute atomic E-state index is 0.441. The Kier molecular flexibility index (Phi) is 5.25. The van der Waals surface area contributed by atoms with Crippen molar-refractivity contribution in [3.8, 4) is 5.75 Å².